The maximum Gasteiger partial charge on any atom is 0.253 e. The lowest BCUT2D eigenvalue weighted by atomic mass is 10.1. The molecule has 0 bridgehead atoms. The third-order valence-corrected chi connectivity index (χ3v) is 5.08. The number of nitrogens with zero attached hydrogens (tertiary/aromatic N) is 4. The van der Waals surface area contributed by atoms with Crippen molar-refractivity contribution in [2.75, 3.05) is 17.6 Å². The van der Waals surface area contributed by atoms with Crippen molar-refractivity contribution in [2.45, 2.75) is 25.0 Å². The fraction of sp³-hybridized carbons (Fsp3) is 0.250. The Kier molecular flexibility index (Phi) is 7.34. The molecule has 0 radical (unpaired) electrons. The summed E-state index contributed by atoms with van der Waals surface area (Å²) in [5.74, 6) is -0.311. The monoisotopic (exact) mass is 410 g/mol. The average Bonchev–Trinajstić information content (AvgIpc) is 3.21. The van der Waals surface area contributed by atoms with Crippen molar-refractivity contribution in [1.29, 1.82) is 0 Å². The van der Waals surface area contributed by atoms with Crippen LogP contribution in [0.25, 0.3) is 0 Å². The Morgan fingerprint density at radius 3 is 2.62 bits per heavy atom. The van der Waals surface area contributed by atoms with Crippen LogP contribution in [-0.4, -0.2) is 44.3 Å². The van der Waals surface area contributed by atoms with E-state index in [1.165, 1.54) is 11.8 Å². The molecule has 0 saturated carbocycles. The van der Waals surface area contributed by atoms with Crippen molar-refractivity contribution >= 4 is 29.3 Å². The molecule has 0 aliphatic carbocycles. The van der Waals surface area contributed by atoms with Crippen molar-refractivity contribution in [3.8, 4) is 0 Å². The molecule has 9 heteroatoms. The maximum absolute atomic E-state index is 12.6. The van der Waals surface area contributed by atoms with Crippen LogP contribution in [0.1, 0.15) is 22.8 Å². The molecular weight excluding hydrogens is 388 g/mol. The minimum atomic E-state index is -0.231. The Morgan fingerprint density at radius 1 is 1.07 bits per heavy atom. The number of carbonyl (C=O) groups excluding carboxylic acids is 2. The smallest absolute Gasteiger partial charge is 0.253 e. The summed E-state index contributed by atoms with van der Waals surface area (Å²) >= 11 is 1.25. The first-order chi connectivity index (χ1) is 14.2. The second-order valence-electron chi connectivity index (χ2n) is 6.15. The fourth-order valence-corrected chi connectivity index (χ4v) is 3.41. The molecule has 8 nitrogen and oxygen atoms in total. The molecule has 2 N–H and O–H groups in total. The van der Waals surface area contributed by atoms with Gasteiger partial charge in [-0.3, -0.25) is 9.59 Å². The molecule has 0 spiro atoms. The van der Waals surface area contributed by atoms with Gasteiger partial charge in [0.15, 0.2) is 0 Å². The van der Waals surface area contributed by atoms with Gasteiger partial charge < -0.3 is 10.6 Å². The molecular formula is C20H22N6O2S. The van der Waals surface area contributed by atoms with E-state index in [1.54, 1.807) is 28.9 Å². The summed E-state index contributed by atoms with van der Waals surface area (Å²) < 4.78 is 1.62. The fourth-order valence-electron chi connectivity index (χ4n) is 2.67. The second-order valence-corrected chi connectivity index (χ2v) is 7.09. The Bertz CT molecular complexity index is 960. The minimum Gasteiger partial charge on any atom is -0.352 e. The van der Waals surface area contributed by atoms with Gasteiger partial charge in [0.05, 0.1) is 17.0 Å². The van der Waals surface area contributed by atoms with E-state index in [0.29, 0.717) is 29.5 Å². The van der Waals surface area contributed by atoms with Crippen LogP contribution in [0.15, 0.2) is 59.8 Å². The topological polar surface area (TPSA) is 102 Å². The Morgan fingerprint density at radius 2 is 1.83 bits per heavy atom. The molecule has 3 rings (SSSR count). The SMILES string of the molecule is CCn1nnnc1SCC(=O)Nc1ccccc1C(=O)NCCc1ccccc1. The molecule has 3 aromatic rings. The summed E-state index contributed by atoms with van der Waals surface area (Å²) in [5, 5.41) is 17.6. The molecule has 0 fully saturated rings. The number of anilines is 1. The van der Waals surface area contributed by atoms with Crippen LogP contribution in [0.4, 0.5) is 5.69 Å². The highest BCUT2D eigenvalue weighted by Crippen LogP contribution is 2.17. The first-order valence-corrected chi connectivity index (χ1v) is 10.3. The van der Waals surface area contributed by atoms with Gasteiger partial charge in [0.2, 0.25) is 11.1 Å². The summed E-state index contributed by atoms with van der Waals surface area (Å²) in [6.07, 6.45) is 0.740. The number of tetrazole rings is 1. The molecule has 0 aliphatic rings. The van der Waals surface area contributed by atoms with Crippen molar-refractivity contribution in [3.63, 3.8) is 0 Å². The molecule has 0 saturated heterocycles. The summed E-state index contributed by atoms with van der Waals surface area (Å²) in [5.41, 5.74) is 2.06. The van der Waals surface area contributed by atoms with E-state index in [1.807, 2.05) is 37.3 Å². The molecule has 1 heterocycles. The first kappa shape index (κ1) is 20.5. The number of hydrogen-bond acceptors (Lipinski definition) is 6. The van der Waals surface area contributed by atoms with E-state index in [9.17, 15) is 9.59 Å². The quantitative estimate of drug-likeness (QED) is 0.525. The number of aromatic nitrogens is 4. The van der Waals surface area contributed by atoms with Crippen molar-refractivity contribution in [2.24, 2.45) is 0 Å². The van der Waals surface area contributed by atoms with Crippen LogP contribution < -0.4 is 10.6 Å². The van der Waals surface area contributed by atoms with Gasteiger partial charge in [-0.25, -0.2) is 4.68 Å². The van der Waals surface area contributed by atoms with Gasteiger partial charge in [-0.05, 0) is 41.5 Å². The van der Waals surface area contributed by atoms with Gasteiger partial charge in [-0.15, -0.1) is 5.10 Å². The predicted molar refractivity (Wildman–Crippen MR) is 112 cm³/mol. The lowest BCUT2D eigenvalue weighted by Crippen LogP contribution is -2.27. The lowest BCUT2D eigenvalue weighted by Gasteiger charge is -2.11. The van der Waals surface area contributed by atoms with Gasteiger partial charge in [0.25, 0.3) is 5.91 Å². The van der Waals surface area contributed by atoms with Crippen molar-refractivity contribution in [3.05, 3.63) is 65.7 Å². The molecule has 0 atom stereocenters. The number of thioether (sulfide) groups is 1. The predicted octanol–water partition coefficient (Wildman–Crippen LogP) is 2.40. The van der Waals surface area contributed by atoms with E-state index in [4.69, 9.17) is 0 Å². The number of para-hydroxylation sites is 1. The molecule has 2 amide bonds. The van der Waals surface area contributed by atoms with Crippen molar-refractivity contribution < 1.29 is 9.59 Å². The number of aryl methyl sites for hydroxylation is 1. The second kappa shape index (κ2) is 10.4. The van der Waals surface area contributed by atoms with Gasteiger partial charge in [0.1, 0.15) is 0 Å². The van der Waals surface area contributed by atoms with Gasteiger partial charge >= 0.3 is 0 Å². The Labute approximate surface area is 173 Å². The van der Waals surface area contributed by atoms with Crippen molar-refractivity contribution in [1.82, 2.24) is 25.5 Å². The zero-order valence-electron chi connectivity index (χ0n) is 16.0. The number of rotatable bonds is 9. The number of benzene rings is 2. The summed E-state index contributed by atoms with van der Waals surface area (Å²) in [7, 11) is 0. The third-order valence-electron chi connectivity index (χ3n) is 4.12. The Balaban J connectivity index is 1.55. The van der Waals surface area contributed by atoms with E-state index in [-0.39, 0.29) is 17.6 Å². The van der Waals surface area contributed by atoms with Crippen LogP contribution in [0.5, 0.6) is 0 Å². The lowest BCUT2D eigenvalue weighted by molar-refractivity contribution is -0.113. The Hall–Kier alpha value is -3.20. The van der Waals surface area contributed by atoms with E-state index < -0.39 is 0 Å². The molecule has 1 aromatic heterocycles. The van der Waals surface area contributed by atoms with E-state index in [0.717, 1.165) is 12.0 Å². The van der Waals surface area contributed by atoms with Crippen LogP contribution in [-0.2, 0) is 17.8 Å². The number of nitrogens with one attached hydrogen (secondary N) is 2. The normalized spacial score (nSPS) is 10.5. The number of hydrogen-bond donors (Lipinski definition) is 2. The van der Waals surface area contributed by atoms with E-state index in [2.05, 4.69) is 26.2 Å². The number of amides is 2. The highest BCUT2D eigenvalue weighted by molar-refractivity contribution is 7.99. The maximum atomic E-state index is 12.6. The standard InChI is InChI=1S/C20H22N6O2S/c1-2-26-20(23-24-25-26)29-14-18(27)22-17-11-7-6-10-16(17)19(28)21-13-12-15-8-4-3-5-9-15/h3-11H,2,12-14H2,1H3,(H,21,28)(H,22,27). The zero-order chi connectivity index (χ0) is 20.5. The highest BCUT2D eigenvalue weighted by atomic mass is 32.2. The van der Waals surface area contributed by atoms with Gasteiger partial charge in [0, 0.05) is 13.1 Å². The minimum absolute atomic E-state index is 0.143. The third kappa shape index (κ3) is 5.89. The van der Waals surface area contributed by atoms with E-state index >= 15 is 0 Å². The molecule has 0 unspecified atom stereocenters. The first-order valence-electron chi connectivity index (χ1n) is 9.27. The molecule has 29 heavy (non-hydrogen) atoms. The number of carbonyl (C=O) groups is 2. The molecule has 0 aliphatic heterocycles. The van der Waals surface area contributed by atoms with Gasteiger partial charge in [-0.2, -0.15) is 0 Å². The summed E-state index contributed by atoms with van der Waals surface area (Å²) in [6, 6.07) is 16.9. The van der Waals surface area contributed by atoms with Crippen LogP contribution in [0.2, 0.25) is 0 Å². The van der Waals surface area contributed by atoms with Crippen LogP contribution >= 0.6 is 11.8 Å². The average molecular weight is 411 g/mol. The molecule has 150 valence electrons. The summed E-state index contributed by atoms with van der Waals surface area (Å²) in [6.45, 7) is 3.07. The highest BCUT2D eigenvalue weighted by Gasteiger charge is 2.14. The van der Waals surface area contributed by atoms with Crippen LogP contribution in [0, 0.1) is 0 Å². The van der Waals surface area contributed by atoms with Crippen LogP contribution in [0.3, 0.4) is 0 Å². The largest absolute Gasteiger partial charge is 0.352 e. The summed E-state index contributed by atoms with van der Waals surface area (Å²) in [4.78, 5) is 24.9. The zero-order valence-corrected chi connectivity index (χ0v) is 16.9. The van der Waals surface area contributed by atoms with Gasteiger partial charge in [-0.1, -0.05) is 54.2 Å². The molecule has 2 aromatic carbocycles.